The van der Waals surface area contributed by atoms with Crippen LogP contribution in [0.5, 0.6) is 0 Å². The van der Waals surface area contributed by atoms with Gasteiger partial charge in [-0.3, -0.25) is 4.90 Å². The topological polar surface area (TPSA) is 43.8 Å². The van der Waals surface area contributed by atoms with Crippen LogP contribution in [0.4, 0.5) is 4.79 Å². The van der Waals surface area contributed by atoms with Gasteiger partial charge in [-0.1, -0.05) is 30.3 Å². The molecular formula is C17H24N2O2. The van der Waals surface area contributed by atoms with Gasteiger partial charge in [0.15, 0.2) is 0 Å². The lowest BCUT2D eigenvalue weighted by atomic mass is 9.71. The highest BCUT2D eigenvalue weighted by atomic mass is 16.4. The third kappa shape index (κ3) is 3.38. The lowest BCUT2D eigenvalue weighted by molar-refractivity contribution is 0.0341. The van der Waals surface area contributed by atoms with Gasteiger partial charge in [-0.15, -0.1) is 0 Å². The molecule has 1 aromatic carbocycles. The fraction of sp³-hybridized carbons (Fsp3) is 0.588. The summed E-state index contributed by atoms with van der Waals surface area (Å²) in [4.78, 5) is 15.1. The number of piperidine rings is 2. The number of benzene rings is 1. The fourth-order valence-corrected chi connectivity index (χ4v) is 3.70. The largest absolute Gasteiger partial charge is 0.465 e. The highest BCUT2D eigenvalue weighted by Gasteiger charge is 2.38. The van der Waals surface area contributed by atoms with Gasteiger partial charge in [-0.25, -0.2) is 4.79 Å². The molecule has 0 bridgehead atoms. The van der Waals surface area contributed by atoms with Gasteiger partial charge in [0.2, 0.25) is 0 Å². The van der Waals surface area contributed by atoms with E-state index in [9.17, 15) is 4.79 Å². The summed E-state index contributed by atoms with van der Waals surface area (Å²) in [5, 5.41) is 9.05. The fourth-order valence-electron chi connectivity index (χ4n) is 3.70. The van der Waals surface area contributed by atoms with Gasteiger partial charge in [0.25, 0.3) is 0 Å². The van der Waals surface area contributed by atoms with Crippen LogP contribution in [0.3, 0.4) is 0 Å². The van der Waals surface area contributed by atoms with Crippen molar-refractivity contribution < 1.29 is 9.90 Å². The summed E-state index contributed by atoms with van der Waals surface area (Å²) >= 11 is 0. The molecular weight excluding hydrogens is 264 g/mol. The molecule has 2 heterocycles. The van der Waals surface area contributed by atoms with Crippen LogP contribution in [0.2, 0.25) is 0 Å². The second kappa shape index (κ2) is 6.06. The zero-order chi connectivity index (χ0) is 14.7. The van der Waals surface area contributed by atoms with Crippen LogP contribution in [0.15, 0.2) is 30.3 Å². The molecule has 4 nitrogen and oxygen atoms in total. The number of hydrogen-bond donors (Lipinski definition) is 1. The van der Waals surface area contributed by atoms with Crippen LogP contribution in [0.1, 0.15) is 31.2 Å². The number of nitrogens with zero attached hydrogens (tertiary/aromatic N) is 2. The Morgan fingerprint density at radius 3 is 2.14 bits per heavy atom. The summed E-state index contributed by atoms with van der Waals surface area (Å²) in [5.41, 5.74) is 1.79. The zero-order valence-corrected chi connectivity index (χ0v) is 12.5. The van der Waals surface area contributed by atoms with E-state index in [1.165, 1.54) is 18.4 Å². The van der Waals surface area contributed by atoms with Crippen molar-refractivity contribution in [3.63, 3.8) is 0 Å². The van der Waals surface area contributed by atoms with Gasteiger partial charge >= 0.3 is 6.09 Å². The predicted molar refractivity (Wildman–Crippen MR) is 82.2 cm³/mol. The summed E-state index contributed by atoms with van der Waals surface area (Å²) in [6, 6.07) is 10.6. The lowest BCUT2D eigenvalue weighted by Crippen LogP contribution is -2.47. The minimum atomic E-state index is -0.758. The maximum Gasteiger partial charge on any atom is 0.407 e. The van der Waals surface area contributed by atoms with E-state index < -0.39 is 6.09 Å². The number of amides is 1. The molecule has 0 radical (unpaired) electrons. The van der Waals surface area contributed by atoms with Gasteiger partial charge in [0.1, 0.15) is 0 Å². The highest BCUT2D eigenvalue weighted by Crippen LogP contribution is 2.41. The van der Waals surface area contributed by atoms with Crippen molar-refractivity contribution in [1.82, 2.24) is 9.80 Å². The predicted octanol–water partition coefficient (Wildman–Crippen LogP) is 3.04. The van der Waals surface area contributed by atoms with E-state index >= 15 is 0 Å². The van der Waals surface area contributed by atoms with E-state index in [2.05, 4.69) is 35.2 Å². The van der Waals surface area contributed by atoms with Gasteiger partial charge in [-0.2, -0.15) is 0 Å². The smallest absolute Gasteiger partial charge is 0.407 e. The van der Waals surface area contributed by atoms with E-state index in [1.54, 1.807) is 4.90 Å². The first-order valence-electron chi connectivity index (χ1n) is 7.91. The first-order chi connectivity index (χ1) is 10.2. The highest BCUT2D eigenvalue weighted by molar-refractivity contribution is 5.65. The van der Waals surface area contributed by atoms with Crippen LogP contribution in [-0.2, 0) is 6.54 Å². The maximum absolute atomic E-state index is 11.0. The van der Waals surface area contributed by atoms with Crippen molar-refractivity contribution in [1.29, 1.82) is 0 Å². The molecule has 2 aliphatic rings. The number of likely N-dealkylation sites (tertiary alicyclic amines) is 2. The third-order valence-electron chi connectivity index (χ3n) is 5.26. The summed E-state index contributed by atoms with van der Waals surface area (Å²) in [6.07, 6.45) is 3.75. The normalized spacial score (nSPS) is 22.4. The van der Waals surface area contributed by atoms with Crippen LogP contribution < -0.4 is 0 Å². The summed E-state index contributed by atoms with van der Waals surface area (Å²) in [6.45, 7) is 4.75. The maximum atomic E-state index is 11.0. The van der Waals surface area contributed by atoms with Crippen LogP contribution in [-0.4, -0.2) is 47.2 Å². The zero-order valence-electron chi connectivity index (χ0n) is 12.5. The average molecular weight is 288 g/mol. The molecule has 1 aromatic rings. The molecule has 3 rings (SSSR count). The van der Waals surface area contributed by atoms with Crippen LogP contribution in [0, 0.1) is 5.41 Å². The molecule has 4 heteroatoms. The first-order valence-corrected chi connectivity index (χ1v) is 7.91. The van der Waals surface area contributed by atoms with Crippen molar-refractivity contribution in [2.45, 2.75) is 32.2 Å². The summed E-state index contributed by atoms with van der Waals surface area (Å²) < 4.78 is 0. The Kier molecular flexibility index (Phi) is 4.15. The minimum absolute atomic E-state index is 0.402. The SMILES string of the molecule is O=C(O)N1CCC2(CCN(Cc3ccccc3)CC2)CC1. The van der Waals surface area contributed by atoms with E-state index in [4.69, 9.17) is 5.11 Å². The quantitative estimate of drug-likeness (QED) is 0.909. The van der Waals surface area contributed by atoms with Crippen molar-refractivity contribution >= 4 is 6.09 Å². The lowest BCUT2D eigenvalue weighted by Gasteiger charge is -2.46. The molecule has 0 unspecified atom stereocenters. The molecule has 1 amide bonds. The number of hydrogen-bond acceptors (Lipinski definition) is 2. The van der Waals surface area contributed by atoms with Gasteiger partial charge < -0.3 is 10.0 Å². The Labute approximate surface area is 126 Å². The van der Waals surface area contributed by atoms with Gasteiger partial charge in [0.05, 0.1) is 0 Å². The Bertz CT molecular complexity index is 471. The summed E-state index contributed by atoms with van der Waals surface area (Å²) in [7, 11) is 0. The molecule has 2 saturated heterocycles. The Morgan fingerprint density at radius 1 is 1.00 bits per heavy atom. The average Bonchev–Trinajstić information content (AvgIpc) is 2.51. The second-order valence-electron chi connectivity index (χ2n) is 6.53. The first kappa shape index (κ1) is 14.4. The molecule has 0 aliphatic carbocycles. The standard InChI is InChI=1S/C17H24N2O2/c20-16(21)19-12-8-17(9-13-19)6-10-18(11-7-17)14-15-4-2-1-3-5-15/h1-5H,6-14H2,(H,20,21). The van der Waals surface area contributed by atoms with Crippen molar-refractivity contribution in [2.24, 2.45) is 5.41 Å². The van der Waals surface area contributed by atoms with Crippen molar-refractivity contribution in [3.8, 4) is 0 Å². The van der Waals surface area contributed by atoms with Crippen molar-refractivity contribution in [3.05, 3.63) is 35.9 Å². The molecule has 114 valence electrons. The van der Waals surface area contributed by atoms with Crippen LogP contribution in [0.25, 0.3) is 0 Å². The van der Waals surface area contributed by atoms with E-state index in [0.29, 0.717) is 18.5 Å². The van der Waals surface area contributed by atoms with E-state index in [0.717, 1.165) is 32.5 Å². The molecule has 0 atom stereocenters. The number of carbonyl (C=O) groups is 1. The Hall–Kier alpha value is -1.55. The molecule has 2 aliphatic heterocycles. The van der Waals surface area contributed by atoms with Crippen LogP contribution >= 0.6 is 0 Å². The number of carboxylic acid groups (broad SMARTS) is 1. The molecule has 2 fully saturated rings. The third-order valence-corrected chi connectivity index (χ3v) is 5.26. The molecule has 0 aromatic heterocycles. The Balaban J connectivity index is 1.50. The Morgan fingerprint density at radius 2 is 1.57 bits per heavy atom. The monoisotopic (exact) mass is 288 g/mol. The van der Waals surface area contributed by atoms with E-state index in [1.807, 2.05) is 0 Å². The van der Waals surface area contributed by atoms with Gasteiger partial charge in [0, 0.05) is 19.6 Å². The van der Waals surface area contributed by atoms with Gasteiger partial charge in [-0.05, 0) is 49.8 Å². The second-order valence-corrected chi connectivity index (χ2v) is 6.53. The molecule has 1 N–H and O–H groups in total. The molecule has 21 heavy (non-hydrogen) atoms. The summed E-state index contributed by atoms with van der Waals surface area (Å²) in [5.74, 6) is 0. The molecule has 0 saturated carbocycles. The minimum Gasteiger partial charge on any atom is -0.465 e. The van der Waals surface area contributed by atoms with E-state index in [-0.39, 0.29) is 0 Å². The van der Waals surface area contributed by atoms with Crippen molar-refractivity contribution in [2.75, 3.05) is 26.2 Å². The molecule has 1 spiro atoms. The number of rotatable bonds is 2.